The molecule has 0 bridgehead atoms. The van der Waals surface area contributed by atoms with Crippen LogP contribution in [0.15, 0.2) is 0 Å². The Morgan fingerprint density at radius 3 is 0.556 bits per heavy atom. The first-order chi connectivity index (χ1) is 53.3. The van der Waals surface area contributed by atoms with Gasteiger partial charge in [0.1, 0.15) is 50.0 Å². The summed E-state index contributed by atoms with van der Waals surface area (Å²) in [5, 5.41) is 269. The van der Waals surface area contributed by atoms with Crippen LogP contribution in [0.3, 0.4) is 0 Å². The van der Waals surface area contributed by atoms with E-state index in [4.69, 9.17) is 174 Å². The highest BCUT2D eigenvalue weighted by Gasteiger charge is 2.20. The molecule has 1 rings (SSSR count). The van der Waals surface area contributed by atoms with Crippen molar-refractivity contribution in [3.63, 3.8) is 0 Å². The minimum Gasteiger partial charge on any atom is -0.481 e. The molecule has 1 heterocycles. The summed E-state index contributed by atoms with van der Waals surface area (Å²) >= 11 is 0. The average Bonchev–Trinajstić information content (AvgIpc) is 1.83. The van der Waals surface area contributed by atoms with Crippen LogP contribution in [-0.2, 0) is 105 Å². The maximum absolute atomic E-state index is 10.1. The monoisotopic (exact) mass is 1750 g/mol. The van der Waals surface area contributed by atoms with E-state index >= 15 is 0 Å². The van der Waals surface area contributed by atoms with Crippen LogP contribution in [0.5, 0.6) is 0 Å². The van der Waals surface area contributed by atoms with Crippen molar-refractivity contribution in [2.24, 2.45) is 5.92 Å². The minimum atomic E-state index is -1.38. The van der Waals surface area contributed by atoms with Gasteiger partial charge in [-0.05, 0) is 38.6 Å². The molecule has 0 spiro atoms. The molecule has 1 saturated heterocycles. The molecule has 35 N–H and O–H groups in total. The number of carbonyl (C=O) groups excluding carboxylic acids is 4. The molecule has 3 unspecified atom stereocenters. The highest BCUT2D eigenvalue weighted by Crippen LogP contribution is 2.03. The maximum Gasteiger partial charge on any atom is 0.371 e. The number of aliphatic carboxylic acids is 18. The molecule has 57 heteroatoms. The first-order valence-corrected chi connectivity index (χ1v) is 30.6. The Morgan fingerprint density at radius 1 is 0.325 bits per heavy atom. The molecule has 0 aromatic heterocycles. The van der Waals surface area contributed by atoms with Crippen LogP contribution >= 0.6 is 0 Å². The predicted molar refractivity (Wildman–Crippen MR) is 380 cm³/mol. The van der Waals surface area contributed by atoms with Gasteiger partial charge in [-0.2, -0.15) is 0 Å². The summed E-state index contributed by atoms with van der Waals surface area (Å²) in [6.07, 6.45) is -7.12. The lowest BCUT2D eigenvalue weighted by atomic mass is 10.1. The SMILES string of the molecule is CC(=O)C(=O)O.CC(=O)C(=O)O.CC(=O)C(=O)O.CC(=O)C(=O)O.CC(C)C(O)C(=O)O.CC(O)CC(=O)O.CCCC(O)C(=O)O.CO.CO.CO.CO.O=C(O)CC(=O)O.O=C(O)CC(=O)O.O=C(O)CC(=O)O.O=C(O)CC(=O)O.O=C(O)CCC(=O)O.O=C(O)[C@@H]1CCCN1.OCC(O)CO.OCC(O)CO.OCC(O)CO. The smallest absolute Gasteiger partial charge is 0.371 e. The zero-order chi connectivity index (χ0) is 98.8. The molecular formula is C60H115NO56. The number of aliphatic hydroxyl groups is 16. The quantitative estimate of drug-likeness (QED) is 0.0244. The number of carboxylic acid groups (broad SMARTS) is 18. The van der Waals surface area contributed by atoms with E-state index in [1.807, 2.05) is 6.92 Å². The predicted octanol–water partition coefficient (Wildman–Crippen LogP) is -9.83. The summed E-state index contributed by atoms with van der Waals surface area (Å²) in [5.74, 6) is -25.6. The van der Waals surface area contributed by atoms with Crippen molar-refractivity contribution in [1.29, 1.82) is 0 Å². The van der Waals surface area contributed by atoms with E-state index in [-0.39, 0.29) is 70.9 Å². The topological polar surface area (TPSA) is 1080 Å². The summed E-state index contributed by atoms with van der Waals surface area (Å²) in [4.78, 5) is 210. The largest absolute Gasteiger partial charge is 0.481 e. The number of Topliss-reactive ketones (excluding diaryl/α,β-unsaturated/α-hetero) is 4. The fourth-order valence-electron chi connectivity index (χ4n) is 2.73. The number of hydrogen-bond donors (Lipinski definition) is 35. The number of nitrogens with one attached hydrogen (secondary N) is 1. The second-order valence-corrected chi connectivity index (χ2v) is 18.8. The van der Waals surface area contributed by atoms with Crippen LogP contribution in [0.2, 0.25) is 0 Å². The van der Waals surface area contributed by atoms with Crippen molar-refractivity contribution in [1.82, 2.24) is 5.32 Å². The van der Waals surface area contributed by atoms with Gasteiger partial charge in [0, 0.05) is 56.1 Å². The number of aliphatic hydroxyl groups excluding tert-OH is 16. The van der Waals surface area contributed by atoms with E-state index in [9.17, 15) is 105 Å². The fraction of sp³-hybridized carbons (Fsp3) is 0.633. The number of hydrogen-bond acceptors (Lipinski definition) is 39. The summed E-state index contributed by atoms with van der Waals surface area (Å²) < 4.78 is 0. The molecule has 1 fully saturated rings. The van der Waals surface area contributed by atoms with Crippen LogP contribution in [0.4, 0.5) is 0 Å². The summed E-state index contributed by atoms with van der Waals surface area (Å²) in [5.41, 5.74) is 0. The lowest BCUT2D eigenvalue weighted by Gasteiger charge is -2.06. The van der Waals surface area contributed by atoms with E-state index in [1.54, 1.807) is 13.8 Å². The van der Waals surface area contributed by atoms with Crippen molar-refractivity contribution in [2.45, 2.75) is 169 Å². The number of rotatable bonds is 29. The van der Waals surface area contributed by atoms with Crippen molar-refractivity contribution in [2.75, 3.05) is 74.6 Å². The molecule has 0 amide bonds. The van der Waals surface area contributed by atoms with Crippen molar-refractivity contribution < 1.29 is 279 Å². The Morgan fingerprint density at radius 2 is 0.521 bits per heavy atom. The van der Waals surface area contributed by atoms with E-state index in [2.05, 4.69) is 5.32 Å². The average molecular weight is 1750 g/mol. The molecule has 0 saturated carbocycles. The first-order valence-electron chi connectivity index (χ1n) is 30.6. The lowest BCUT2D eigenvalue weighted by Crippen LogP contribution is -2.29. The molecule has 1 aliphatic heterocycles. The van der Waals surface area contributed by atoms with Gasteiger partial charge < -0.3 is 179 Å². The zero-order valence-electron chi connectivity index (χ0n) is 65.0. The third-order valence-electron chi connectivity index (χ3n) is 7.79. The van der Waals surface area contributed by atoms with Crippen molar-refractivity contribution >= 4 is 131 Å². The Hall–Kier alpha value is -11.5. The van der Waals surface area contributed by atoms with Gasteiger partial charge in [0.2, 0.25) is 23.1 Å². The van der Waals surface area contributed by atoms with Gasteiger partial charge in [0.15, 0.2) is 12.2 Å². The maximum atomic E-state index is 10.1. The van der Waals surface area contributed by atoms with Gasteiger partial charge in [-0.25, -0.2) is 28.8 Å². The van der Waals surface area contributed by atoms with Gasteiger partial charge in [-0.1, -0.05) is 27.2 Å². The van der Waals surface area contributed by atoms with E-state index in [1.165, 1.54) is 6.92 Å². The van der Waals surface area contributed by atoms with Gasteiger partial charge in [-0.15, -0.1) is 0 Å². The van der Waals surface area contributed by atoms with Gasteiger partial charge in [0.25, 0.3) is 0 Å². The number of carboxylic acids is 18. The van der Waals surface area contributed by atoms with Crippen LogP contribution in [0.1, 0.15) is 126 Å². The molecular weight excluding hydrogens is 1630 g/mol. The van der Waals surface area contributed by atoms with E-state index < -0.39 is 193 Å². The second kappa shape index (κ2) is 118. The molecule has 696 valence electrons. The van der Waals surface area contributed by atoms with Gasteiger partial charge in [-0.3, -0.25) is 76.7 Å². The van der Waals surface area contributed by atoms with Gasteiger partial charge in [0.05, 0.1) is 65.0 Å². The van der Waals surface area contributed by atoms with Crippen molar-refractivity contribution in [3.8, 4) is 0 Å². The molecule has 117 heavy (non-hydrogen) atoms. The molecule has 0 radical (unpaired) electrons. The Kier molecular flexibility index (Phi) is 155. The van der Waals surface area contributed by atoms with Crippen LogP contribution in [0.25, 0.3) is 0 Å². The van der Waals surface area contributed by atoms with Crippen LogP contribution < -0.4 is 5.32 Å². The third-order valence-corrected chi connectivity index (χ3v) is 7.79. The Bertz CT molecular complexity index is 2280. The normalized spacial score (nSPS) is 10.4. The van der Waals surface area contributed by atoms with Crippen LogP contribution in [0, 0.1) is 5.92 Å². The molecule has 0 aromatic rings. The first kappa shape index (κ1) is 154. The van der Waals surface area contributed by atoms with E-state index in [0.29, 0.717) is 12.8 Å². The van der Waals surface area contributed by atoms with Gasteiger partial charge >= 0.3 is 107 Å². The minimum absolute atomic E-state index is 0.167. The molecule has 4 atom stereocenters. The fourth-order valence-corrected chi connectivity index (χ4v) is 2.73. The van der Waals surface area contributed by atoms with Crippen LogP contribution in [-0.4, -0.2) is 421 Å². The Labute approximate surface area is 662 Å². The standard InChI is InChI=1S/C5H9NO2.2C5H10O3.C4H6O4.C4H8O3.4C3H4O4.3C3H8O3.4C3H4O3.4CH4O/c7-5(8)4-2-1-3-6-4;1-3(2)4(6)5(7)8;1-2-3-4(6)5(7)8;5-3(6)1-2-4(7)8;1-3(5)2-4(6)7;4*4-2(5)1-3(6)7;3*4-1-3(6)2-5;4*1-2(4)3(5)6;4*1-2/h4,6H,1-3H2,(H,7,8);3-4,6H,1-2H3,(H,7,8);4,6H,2-3H2,1H3,(H,7,8);1-2H2,(H,5,6)(H,7,8);3,5H,2H2,1H3,(H,6,7);4*1H2,(H,4,5)(H,6,7);3*3-6H,1-2H2;4*1H3,(H,5,6);4*2H,1H3/t4-;;;;;;;;;;;;;;;;;;;/m0.................../s1. The summed E-state index contributed by atoms with van der Waals surface area (Å²) in [6.45, 7) is 9.25. The highest BCUT2D eigenvalue weighted by atomic mass is 16.5. The zero-order valence-corrected chi connectivity index (χ0v) is 65.0. The molecule has 1 aliphatic rings. The number of ketones is 4. The molecule has 0 aromatic carbocycles. The Balaban J connectivity index is -0.0000000512. The van der Waals surface area contributed by atoms with E-state index in [0.717, 1.165) is 75.5 Å². The lowest BCUT2D eigenvalue weighted by molar-refractivity contribution is -0.149. The summed E-state index contributed by atoms with van der Waals surface area (Å²) in [7, 11) is 4.00. The second-order valence-electron chi connectivity index (χ2n) is 18.8. The molecule has 57 nitrogen and oxygen atoms in total. The third kappa shape index (κ3) is 241. The highest BCUT2D eigenvalue weighted by molar-refractivity contribution is 6.32. The summed E-state index contributed by atoms with van der Waals surface area (Å²) in [6, 6.07) is -0.269. The number of carbonyl (C=O) groups is 22. The van der Waals surface area contributed by atoms with Crippen molar-refractivity contribution in [3.05, 3.63) is 0 Å². The molecule has 0 aliphatic carbocycles.